The molecule has 0 radical (unpaired) electrons. The minimum Gasteiger partial charge on any atom is -0.325 e. The number of carbonyl (C=O) groups excluding carboxylic acids is 1. The number of halogens is 2. The van der Waals surface area contributed by atoms with Gasteiger partial charge in [0.15, 0.2) is 0 Å². The molecule has 2 aromatic rings. The van der Waals surface area contributed by atoms with Crippen LogP contribution in [0.4, 0.5) is 5.69 Å². The fraction of sp³-hybridized carbons (Fsp3) is 0.278. The van der Waals surface area contributed by atoms with Crippen molar-refractivity contribution in [2.24, 2.45) is 0 Å². The Bertz CT molecular complexity index is 671. The number of carbonyl (C=O) groups is 1. The largest absolute Gasteiger partial charge is 0.325 e. The van der Waals surface area contributed by atoms with Crippen molar-refractivity contribution in [2.75, 3.05) is 12.4 Å². The molecule has 1 amide bonds. The first-order valence-electron chi connectivity index (χ1n) is 7.58. The second-order valence-electron chi connectivity index (χ2n) is 5.33. The molecule has 1 atom stereocenters. The average Bonchev–Trinajstić information content (AvgIpc) is 2.55. The highest BCUT2D eigenvalue weighted by Gasteiger charge is 2.15. The van der Waals surface area contributed by atoms with Gasteiger partial charge in [0, 0.05) is 5.69 Å². The van der Waals surface area contributed by atoms with Gasteiger partial charge < -0.3 is 10.6 Å². The van der Waals surface area contributed by atoms with Gasteiger partial charge in [0.25, 0.3) is 0 Å². The van der Waals surface area contributed by atoms with E-state index < -0.39 is 0 Å². The summed E-state index contributed by atoms with van der Waals surface area (Å²) in [5.41, 5.74) is 2.77. The van der Waals surface area contributed by atoms with E-state index in [2.05, 4.69) is 17.6 Å². The highest BCUT2D eigenvalue weighted by atomic mass is 35.5. The highest BCUT2D eigenvalue weighted by molar-refractivity contribution is 6.42. The molecule has 0 saturated carbocycles. The predicted octanol–water partition coefficient (Wildman–Crippen LogP) is 4.99. The van der Waals surface area contributed by atoms with Crippen LogP contribution in [0.25, 0.3) is 11.1 Å². The van der Waals surface area contributed by atoms with Crippen LogP contribution in [0.1, 0.15) is 19.8 Å². The summed E-state index contributed by atoms with van der Waals surface area (Å²) in [7, 11) is 1.80. The molecule has 0 aliphatic heterocycles. The molecule has 0 fully saturated rings. The molecule has 0 spiro atoms. The van der Waals surface area contributed by atoms with Crippen LogP contribution in [0, 0.1) is 0 Å². The molecule has 122 valence electrons. The first-order chi connectivity index (χ1) is 11.0. The van der Waals surface area contributed by atoms with E-state index in [-0.39, 0.29) is 11.9 Å². The Labute approximate surface area is 147 Å². The van der Waals surface area contributed by atoms with Crippen LogP contribution < -0.4 is 10.6 Å². The molecule has 23 heavy (non-hydrogen) atoms. The van der Waals surface area contributed by atoms with E-state index >= 15 is 0 Å². The summed E-state index contributed by atoms with van der Waals surface area (Å²) < 4.78 is 0. The molecule has 0 heterocycles. The molecule has 0 unspecified atom stereocenters. The fourth-order valence-electron chi connectivity index (χ4n) is 2.35. The van der Waals surface area contributed by atoms with Crippen molar-refractivity contribution in [3.63, 3.8) is 0 Å². The number of amides is 1. The van der Waals surface area contributed by atoms with Crippen molar-refractivity contribution in [1.82, 2.24) is 5.32 Å². The third-order valence-electron chi connectivity index (χ3n) is 3.65. The van der Waals surface area contributed by atoms with E-state index in [1.165, 1.54) is 0 Å². The number of benzene rings is 2. The molecule has 0 aliphatic rings. The Hall–Kier alpha value is -1.55. The summed E-state index contributed by atoms with van der Waals surface area (Å²) in [5, 5.41) is 7.02. The Kier molecular flexibility index (Phi) is 6.46. The Morgan fingerprint density at radius 3 is 2.26 bits per heavy atom. The number of hydrogen-bond donors (Lipinski definition) is 2. The predicted molar refractivity (Wildman–Crippen MR) is 98.3 cm³/mol. The molecule has 0 aromatic heterocycles. The summed E-state index contributed by atoms with van der Waals surface area (Å²) >= 11 is 12.0. The van der Waals surface area contributed by atoms with E-state index in [9.17, 15) is 4.79 Å². The zero-order valence-corrected chi connectivity index (χ0v) is 14.7. The summed E-state index contributed by atoms with van der Waals surface area (Å²) in [6.45, 7) is 2.06. The van der Waals surface area contributed by atoms with Crippen LogP contribution in [0.5, 0.6) is 0 Å². The van der Waals surface area contributed by atoms with Crippen molar-refractivity contribution in [3.8, 4) is 11.1 Å². The van der Waals surface area contributed by atoms with Crippen LogP contribution in [0.2, 0.25) is 10.0 Å². The topological polar surface area (TPSA) is 41.1 Å². The van der Waals surface area contributed by atoms with Gasteiger partial charge in [-0.15, -0.1) is 0 Å². The first kappa shape index (κ1) is 17.8. The lowest BCUT2D eigenvalue weighted by molar-refractivity contribution is -0.118. The molecule has 2 N–H and O–H groups in total. The van der Waals surface area contributed by atoms with E-state index in [0.29, 0.717) is 10.0 Å². The molecular formula is C18H20Cl2N2O. The maximum atomic E-state index is 12.2. The van der Waals surface area contributed by atoms with Gasteiger partial charge in [-0.3, -0.25) is 4.79 Å². The van der Waals surface area contributed by atoms with Crippen molar-refractivity contribution in [2.45, 2.75) is 25.8 Å². The van der Waals surface area contributed by atoms with E-state index in [4.69, 9.17) is 23.2 Å². The Morgan fingerprint density at radius 2 is 1.70 bits per heavy atom. The van der Waals surface area contributed by atoms with Crippen LogP contribution in [-0.2, 0) is 4.79 Å². The zero-order valence-electron chi connectivity index (χ0n) is 13.2. The molecule has 2 aromatic carbocycles. The van der Waals surface area contributed by atoms with Crippen molar-refractivity contribution in [1.29, 1.82) is 0 Å². The van der Waals surface area contributed by atoms with Crippen LogP contribution in [-0.4, -0.2) is 19.0 Å². The molecule has 2 rings (SSSR count). The number of anilines is 1. The van der Waals surface area contributed by atoms with Gasteiger partial charge in [-0.25, -0.2) is 0 Å². The van der Waals surface area contributed by atoms with Crippen LogP contribution >= 0.6 is 23.2 Å². The molecule has 0 bridgehead atoms. The maximum Gasteiger partial charge on any atom is 0.241 e. The lowest BCUT2D eigenvalue weighted by atomic mass is 10.1. The van der Waals surface area contributed by atoms with Gasteiger partial charge in [0.1, 0.15) is 0 Å². The molecular weight excluding hydrogens is 331 g/mol. The number of nitrogens with one attached hydrogen (secondary N) is 2. The third-order valence-corrected chi connectivity index (χ3v) is 4.39. The summed E-state index contributed by atoms with van der Waals surface area (Å²) in [6, 6.07) is 13.0. The zero-order chi connectivity index (χ0) is 16.8. The van der Waals surface area contributed by atoms with Crippen LogP contribution in [0.15, 0.2) is 42.5 Å². The maximum absolute atomic E-state index is 12.2. The molecule has 0 aliphatic carbocycles. The van der Waals surface area contributed by atoms with Gasteiger partial charge in [0.2, 0.25) is 5.91 Å². The smallest absolute Gasteiger partial charge is 0.241 e. The number of rotatable bonds is 6. The fourth-order valence-corrected chi connectivity index (χ4v) is 2.64. The lowest BCUT2D eigenvalue weighted by Crippen LogP contribution is -2.38. The van der Waals surface area contributed by atoms with Crippen molar-refractivity contribution >= 4 is 34.8 Å². The van der Waals surface area contributed by atoms with Crippen molar-refractivity contribution < 1.29 is 4.79 Å². The van der Waals surface area contributed by atoms with Gasteiger partial charge in [0.05, 0.1) is 16.1 Å². The molecule has 3 nitrogen and oxygen atoms in total. The highest BCUT2D eigenvalue weighted by Crippen LogP contribution is 2.29. The SMILES string of the molecule is CCC[C@H](NC)C(=O)Nc1ccc(-c2ccc(Cl)c(Cl)c2)cc1. The minimum absolute atomic E-state index is 0.0170. The number of likely N-dealkylation sites (N-methyl/N-ethyl adjacent to an activating group) is 1. The van der Waals surface area contributed by atoms with Crippen molar-refractivity contribution in [3.05, 3.63) is 52.5 Å². The summed E-state index contributed by atoms with van der Waals surface area (Å²) in [4.78, 5) is 12.2. The quantitative estimate of drug-likeness (QED) is 0.770. The van der Waals surface area contributed by atoms with E-state index in [1.807, 2.05) is 36.4 Å². The standard InChI is InChI=1S/C18H20Cl2N2O/c1-3-4-17(21-2)18(23)22-14-8-5-12(6-9-14)13-7-10-15(19)16(20)11-13/h5-11,17,21H,3-4H2,1-2H3,(H,22,23)/t17-/m0/s1. The molecule has 0 saturated heterocycles. The number of hydrogen-bond acceptors (Lipinski definition) is 2. The lowest BCUT2D eigenvalue weighted by Gasteiger charge is -2.15. The first-order valence-corrected chi connectivity index (χ1v) is 8.34. The third kappa shape index (κ3) is 4.71. The molecule has 5 heteroatoms. The van der Waals surface area contributed by atoms with Gasteiger partial charge in [-0.2, -0.15) is 0 Å². The monoisotopic (exact) mass is 350 g/mol. The average molecular weight is 351 g/mol. The van der Waals surface area contributed by atoms with E-state index in [0.717, 1.165) is 29.7 Å². The van der Waals surface area contributed by atoms with E-state index in [1.54, 1.807) is 13.1 Å². The Morgan fingerprint density at radius 1 is 1.04 bits per heavy atom. The van der Waals surface area contributed by atoms with Gasteiger partial charge in [-0.1, -0.05) is 54.7 Å². The normalized spacial score (nSPS) is 12.0. The van der Waals surface area contributed by atoms with Crippen LogP contribution in [0.3, 0.4) is 0 Å². The minimum atomic E-state index is -0.172. The van der Waals surface area contributed by atoms with Gasteiger partial charge in [-0.05, 0) is 48.9 Å². The second kappa shape index (κ2) is 8.34. The summed E-state index contributed by atoms with van der Waals surface area (Å²) in [5.74, 6) is -0.0170. The van der Waals surface area contributed by atoms with Gasteiger partial charge >= 0.3 is 0 Å². The Balaban J connectivity index is 2.10. The second-order valence-corrected chi connectivity index (χ2v) is 6.14. The summed E-state index contributed by atoms with van der Waals surface area (Å²) in [6.07, 6.45) is 1.76.